The summed E-state index contributed by atoms with van der Waals surface area (Å²) in [6.07, 6.45) is 0.731. The minimum absolute atomic E-state index is 0.183. The first kappa shape index (κ1) is 17.0. The summed E-state index contributed by atoms with van der Waals surface area (Å²) < 4.78 is 9.79. The lowest BCUT2D eigenvalue weighted by atomic mass is 9.92. The third-order valence-electron chi connectivity index (χ3n) is 3.89. The number of amides is 1. The fourth-order valence-corrected chi connectivity index (χ4v) is 2.58. The van der Waals surface area contributed by atoms with Crippen molar-refractivity contribution >= 4 is 17.8 Å². The molecular formula is C17H21NO5. The SMILES string of the molecule is COC(=O)CC(=O)[C@H]1CCCN(C(=O)OCc2ccccc2)C1. The summed E-state index contributed by atoms with van der Waals surface area (Å²) in [5, 5.41) is 0. The van der Waals surface area contributed by atoms with Gasteiger partial charge in [-0.1, -0.05) is 30.3 Å². The average Bonchev–Trinajstić information content (AvgIpc) is 2.60. The number of hydrogen-bond donors (Lipinski definition) is 0. The van der Waals surface area contributed by atoms with Crippen LogP contribution in [0.5, 0.6) is 0 Å². The smallest absolute Gasteiger partial charge is 0.410 e. The van der Waals surface area contributed by atoms with Gasteiger partial charge in [-0.2, -0.15) is 0 Å². The number of likely N-dealkylation sites (tertiary alicyclic amines) is 1. The standard InChI is InChI=1S/C17H21NO5/c1-22-16(20)10-15(19)14-8-5-9-18(11-14)17(21)23-12-13-6-3-2-4-7-13/h2-4,6-7,14H,5,8-12H2,1H3/t14-/m0/s1. The van der Waals surface area contributed by atoms with Crippen LogP contribution < -0.4 is 0 Å². The molecule has 1 aromatic rings. The Morgan fingerprint density at radius 3 is 2.65 bits per heavy atom. The number of ketones is 1. The molecule has 6 heteroatoms. The van der Waals surface area contributed by atoms with Crippen LogP contribution in [-0.4, -0.2) is 42.9 Å². The Bertz CT molecular complexity index is 557. The molecule has 124 valence electrons. The maximum Gasteiger partial charge on any atom is 0.410 e. The van der Waals surface area contributed by atoms with Gasteiger partial charge in [-0.05, 0) is 18.4 Å². The van der Waals surface area contributed by atoms with Crippen LogP contribution in [-0.2, 0) is 25.7 Å². The Hall–Kier alpha value is -2.37. The number of ether oxygens (including phenoxy) is 2. The highest BCUT2D eigenvalue weighted by Crippen LogP contribution is 2.20. The van der Waals surface area contributed by atoms with Crippen molar-refractivity contribution in [1.82, 2.24) is 4.90 Å². The van der Waals surface area contributed by atoms with Crippen molar-refractivity contribution in [3.05, 3.63) is 35.9 Å². The van der Waals surface area contributed by atoms with E-state index in [1.54, 1.807) is 0 Å². The third kappa shape index (κ3) is 5.09. The second-order valence-electron chi connectivity index (χ2n) is 5.54. The van der Waals surface area contributed by atoms with Crippen LogP contribution >= 0.6 is 0 Å². The zero-order valence-electron chi connectivity index (χ0n) is 13.2. The quantitative estimate of drug-likeness (QED) is 0.614. The number of benzene rings is 1. The lowest BCUT2D eigenvalue weighted by Gasteiger charge is -2.31. The van der Waals surface area contributed by atoms with Gasteiger partial charge < -0.3 is 14.4 Å². The summed E-state index contributed by atoms with van der Waals surface area (Å²) in [6, 6.07) is 9.42. The zero-order chi connectivity index (χ0) is 16.7. The Balaban J connectivity index is 1.84. The van der Waals surface area contributed by atoms with E-state index in [4.69, 9.17) is 4.74 Å². The summed E-state index contributed by atoms with van der Waals surface area (Å²) >= 11 is 0. The average molecular weight is 319 g/mol. The van der Waals surface area contributed by atoms with E-state index >= 15 is 0 Å². The number of Topliss-reactive ketones (excluding diaryl/α,β-unsaturated/α-hetero) is 1. The Labute approximate surface area is 135 Å². The van der Waals surface area contributed by atoms with Gasteiger partial charge in [0.05, 0.1) is 7.11 Å². The van der Waals surface area contributed by atoms with Crippen molar-refractivity contribution in [2.24, 2.45) is 5.92 Å². The highest BCUT2D eigenvalue weighted by molar-refractivity contribution is 5.97. The molecular weight excluding hydrogens is 298 g/mol. The molecule has 0 N–H and O–H groups in total. The number of carbonyl (C=O) groups excluding carboxylic acids is 3. The molecule has 1 aliphatic rings. The molecule has 0 aliphatic carbocycles. The van der Waals surface area contributed by atoms with Gasteiger partial charge in [-0.15, -0.1) is 0 Å². The molecule has 0 radical (unpaired) electrons. The number of hydrogen-bond acceptors (Lipinski definition) is 5. The van der Waals surface area contributed by atoms with Crippen molar-refractivity contribution < 1.29 is 23.9 Å². The second kappa shape index (κ2) is 8.31. The van der Waals surface area contributed by atoms with Crippen LogP contribution in [0.25, 0.3) is 0 Å². The van der Waals surface area contributed by atoms with E-state index in [0.29, 0.717) is 19.5 Å². The van der Waals surface area contributed by atoms with Crippen molar-refractivity contribution in [3.8, 4) is 0 Å². The number of rotatable bonds is 5. The molecule has 1 fully saturated rings. The van der Waals surface area contributed by atoms with Crippen molar-refractivity contribution in [2.45, 2.75) is 25.9 Å². The van der Waals surface area contributed by atoms with Crippen molar-refractivity contribution in [2.75, 3.05) is 20.2 Å². The van der Waals surface area contributed by atoms with E-state index in [9.17, 15) is 14.4 Å². The van der Waals surface area contributed by atoms with Crippen LogP contribution in [0.3, 0.4) is 0 Å². The summed E-state index contributed by atoms with van der Waals surface area (Å²) in [4.78, 5) is 36.9. The Kier molecular flexibility index (Phi) is 6.14. The highest BCUT2D eigenvalue weighted by atomic mass is 16.6. The fourth-order valence-electron chi connectivity index (χ4n) is 2.58. The molecule has 1 atom stereocenters. The number of esters is 1. The summed E-state index contributed by atoms with van der Waals surface area (Å²) in [7, 11) is 1.25. The van der Waals surface area contributed by atoms with Gasteiger partial charge in [0.15, 0.2) is 0 Å². The fraction of sp³-hybridized carbons (Fsp3) is 0.471. The molecule has 23 heavy (non-hydrogen) atoms. The zero-order valence-corrected chi connectivity index (χ0v) is 13.2. The lowest BCUT2D eigenvalue weighted by Crippen LogP contribution is -2.42. The minimum Gasteiger partial charge on any atom is -0.469 e. The van der Waals surface area contributed by atoms with E-state index in [2.05, 4.69) is 4.74 Å². The van der Waals surface area contributed by atoms with Crippen LogP contribution in [0.4, 0.5) is 4.79 Å². The van der Waals surface area contributed by atoms with E-state index in [1.807, 2.05) is 30.3 Å². The first-order valence-corrected chi connectivity index (χ1v) is 7.65. The van der Waals surface area contributed by atoms with Gasteiger partial charge in [-0.3, -0.25) is 9.59 Å². The largest absolute Gasteiger partial charge is 0.469 e. The molecule has 6 nitrogen and oxygen atoms in total. The monoisotopic (exact) mass is 319 g/mol. The van der Waals surface area contributed by atoms with E-state index in [-0.39, 0.29) is 24.7 Å². The third-order valence-corrected chi connectivity index (χ3v) is 3.89. The molecule has 0 bridgehead atoms. The van der Waals surface area contributed by atoms with Gasteiger partial charge >= 0.3 is 12.1 Å². The molecule has 1 amide bonds. The highest BCUT2D eigenvalue weighted by Gasteiger charge is 2.30. The Morgan fingerprint density at radius 2 is 1.96 bits per heavy atom. The van der Waals surface area contributed by atoms with Crippen molar-refractivity contribution in [1.29, 1.82) is 0 Å². The topological polar surface area (TPSA) is 72.9 Å². The molecule has 0 unspecified atom stereocenters. The normalized spacial score (nSPS) is 17.4. The molecule has 0 spiro atoms. The maximum absolute atomic E-state index is 12.1. The summed E-state index contributed by atoms with van der Waals surface area (Å²) in [5.74, 6) is -1.05. The van der Waals surface area contributed by atoms with Crippen molar-refractivity contribution in [3.63, 3.8) is 0 Å². The first-order chi connectivity index (χ1) is 11.1. The predicted molar refractivity (Wildman–Crippen MR) is 82.6 cm³/mol. The molecule has 1 aromatic carbocycles. The molecule has 0 saturated carbocycles. The molecule has 2 rings (SSSR count). The minimum atomic E-state index is -0.543. The van der Waals surface area contributed by atoms with Gasteiger partial charge in [0.25, 0.3) is 0 Å². The Morgan fingerprint density at radius 1 is 1.22 bits per heavy atom. The molecule has 1 saturated heterocycles. The van der Waals surface area contributed by atoms with Crippen LogP contribution in [0, 0.1) is 5.92 Å². The maximum atomic E-state index is 12.1. The molecule has 1 heterocycles. The summed E-state index contributed by atoms with van der Waals surface area (Å²) in [5.41, 5.74) is 0.913. The van der Waals surface area contributed by atoms with Gasteiger partial charge in [0.2, 0.25) is 0 Å². The van der Waals surface area contributed by atoms with Crippen LogP contribution in [0.2, 0.25) is 0 Å². The lowest BCUT2D eigenvalue weighted by molar-refractivity contribution is -0.144. The number of piperidine rings is 1. The molecule has 1 aliphatic heterocycles. The number of methoxy groups -OCH3 is 1. The number of nitrogens with zero attached hydrogens (tertiary/aromatic N) is 1. The van der Waals surface area contributed by atoms with Gasteiger partial charge in [-0.25, -0.2) is 4.79 Å². The van der Waals surface area contributed by atoms with E-state index in [0.717, 1.165) is 12.0 Å². The predicted octanol–water partition coefficient (Wildman–Crippen LogP) is 2.17. The second-order valence-corrected chi connectivity index (χ2v) is 5.54. The van der Waals surface area contributed by atoms with Crippen LogP contribution in [0.1, 0.15) is 24.8 Å². The first-order valence-electron chi connectivity index (χ1n) is 7.65. The van der Waals surface area contributed by atoms with Gasteiger partial charge in [0.1, 0.15) is 18.8 Å². The number of carbonyl (C=O) groups is 3. The molecule has 0 aromatic heterocycles. The van der Waals surface area contributed by atoms with Crippen LogP contribution in [0.15, 0.2) is 30.3 Å². The summed E-state index contributed by atoms with van der Waals surface area (Å²) in [6.45, 7) is 1.07. The van der Waals surface area contributed by atoms with E-state index in [1.165, 1.54) is 12.0 Å². The van der Waals surface area contributed by atoms with Gasteiger partial charge in [0, 0.05) is 19.0 Å². The van der Waals surface area contributed by atoms with E-state index < -0.39 is 12.1 Å².